The summed E-state index contributed by atoms with van der Waals surface area (Å²) in [6.07, 6.45) is 3.70. The van der Waals surface area contributed by atoms with Crippen molar-refractivity contribution in [3.8, 4) is 17.4 Å². The second-order valence-corrected chi connectivity index (χ2v) is 8.21. The first-order valence-electron chi connectivity index (χ1n) is 11.8. The van der Waals surface area contributed by atoms with Gasteiger partial charge < -0.3 is 23.5 Å². The molecule has 0 unspecified atom stereocenters. The molecule has 2 aromatic heterocycles. The first kappa shape index (κ1) is 24.8. The molecule has 1 N–H and O–H groups in total. The summed E-state index contributed by atoms with van der Waals surface area (Å²) in [4.78, 5) is 20.9. The Hall–Kier alpha value is -4.33. The van der Waals surface area contributed by atoms with Gasteiger partial charge in [0.1, 0.15) is 30.4 Å². The number of carboxylic acid groups (broad SMARTS) is 1. The quantitative estimate of drug-likeness (QED) is 0.132. The monoisotopic (exact) mass is 488 g/mol. The molecular weight excluding hydrogens is 460 g/mol. The van der Waals surface area contributed by atoms with Gasteiger partial charge in [-0.15, -0.1) is 0 Å². The van der Waals surface area contributed by atoms with E-state index in [0.29, 0.717) is 48.3 Å². The molecule has 2 heterocycles. The maximum Gasteiger partial charge on any atom is 0.303 e. The van der Waals surface area contributed by atoms with E-state index in [-0.39, 0.29) is 13.0 Å². The Morgan fingerprint density at radius 3 is 2.47 bits per heavy atom. The van der Waals surface area contributed by atoms with E-state index in [0.717, 1.165) is 23.3 Å². The van der Waals surface area contributed by atoms with Gasteiger partial charge in [-0.2, -0.15) is 0 Å². The van der Waals surface area contributed by atoms with Crippen molar-refractivity contribution in [1.82, 2.24) is 4.98 Å². The number of aromatic nitrogens is 1. The van der Waals surface area contributed by atoms with Crippen LogP contribution in [-0.4, -0.2) is 21.8 Å². The van der Waals surface area contributed by atoms with Gasteiger partial charge in [-0.1, -0.05) is 47.6 Å². The summed E-state index contributed by atoms with van der Waals surface area (Å²) in [6, 6.07) is 20.9. The van der Waals surface area contributed by atoms with Crippen LogP contribution in [0.2, 0.25) is 0 Å². The Balaban J connectivity index is 1.30. The minimum Gasteiger partial charge on any atom is -0.487 e. The Bertz CT molecular complexity index is 1260. The van der Waals surface area contributed by atoms with E-state index in [4.69, 9.17) is 23.5 Å². The molecule has 0 aliphatic heterocycles. The zero-order valence-electron chi connectivity index (χ0n) is 20.1. The van der Waals surface area contributed by atoms with Crippen molar-refractivity contribution < 1.29 is 28.3 Å². The highest BCUT2D eigenvalue weighted by molar-refractivity contribution is 6.00. The summed E-state index contributed by atoms with van der Waals surface area (Å²) in [6.45, 7) is 2.42. The number of nitrogens with zero attached hydrogens (tertiary/aromatic N) is 2. The average molecular weight is 489 g/mol. The molecule has 0 aliphatic rings. The molecule has 0 atom stereocenters. The predicted octanol–water partition coefficient (Wildman–Crippen LogP) is 6.39. The van der Waals surface area contributed by atoms with E-state index < -0.39 is 5.97 Å². The molecular formula is C28H28N2O6. The summed E-state index contributed by atoms with van der Waals surface area (Å²) in [5.41, 5.74) is 3.43. The fraction of sp³-hybridized carbons (Fsp3) is 0.250. The summed E-state index contributed by atoms with van der Waals surface area (Å²) in [7, 11) is 0. The largest absolute Gasteiger partial charge is 0.487 e. The van der Waals surface area contributed by atoms with Crippen LogP contribution >= 0.6 is 0 Å². The molecule has 0 aliphatic carbocycles. The highest BCUT2D eigenvalue weighted by Crippen LogP contribution is 2.23. The Morgan fingerprint density at radius 1 is 0.972 bits per heavy atom. The smallest absolute Gasteiger partial charge is 0.303 e. The van der Waals surface area contributed by atoms with Gasteiger partial charge in [0.2, 0.25) is 0 Å². The number of carbonyl (C=O) groups is 1. The second kappa shape index (κ2) is 12.4. The molecule has 186 valence electrons. The number of benzene rings is 2. The molecule has 0 fully saturated rings. The Kier molecular flexibility index (Phi) is 8.53. The van der Waals surface area contributed by atoms with Crippen LogP contribution < -0.4 is 4.74 Å². The van der Waals surface area contributed by atoms with Crippen molar-refractivity contribution in [2.75, 3.05) is 0 Å². The lowest BCUT2D eigenvalue weighted by Crippen LogP contribution is -2.03. The third-order valence-electron chi connectivity index (χ3n) is 5.49. The highest BCUT2D eigenvalue weighted by Gasteiger charge is 2.14. The first-order valence-corrected chi connectivity index (χ1v) is 11.8. The van der Waals surface area contributed by atoms with Crippen molar-refractivity contribution in [1.29, 1.82) is 0 Å². The van der Waals surface area contributed by atoms with E-state index in [9.17, 15) is 4.79 Å². The molecule has 0 bridgehead atoms. The normalized spacial score (nSPS) is 11.4. The molecule has 4 aromatic rings. The highest BCUT2D eigenvalue weighted by atomic mass is 16.6. The summed E-state index contributed by atoms with van der Waals surface area (Å²) in [5, 5.41) is 13.2. The van der Waals surface area contributed by atoms with Gasteiger partial charge in [-0.25, -0.2) is 4.98 Å². The summed E-state index contributed by atoms with van der Waals surface area (Å²) >= 11 is 0. The Labute approximate surface area is 209 Å². The zero-order chi connectivity index (χ0) is 25.2. The van der Waals surface area contributed by atoms with E-state index >= 15 is 0 Å². The molecule has 0 spiro atoms. The van der Waals surface area contributed by atoms with Gasteiger partial charge in [0.15, 0.2) is 5.76 Å². The van der Waals surface area contributed by atoms with E-state index in [1.165, 1.54) is 0 Å². The number of oxime groups is 1. The number of furan rings is 1. The van der Waals surface area contributed by atoms with Crippen molar-refractivity contribution >= 4 is 11.7 Å². The number of aliphatic carboxylic acids is 1. The van der Waals surface area contributed by atoms with Crippen LogP contribution in [0.15, 0.2) is 87.0 Å². The third-order valence-corrected chi connectivity index (χ3v) is 5.49. The molecule has 8 heteroatoms. The van der Waals surface area contributed by atoms with Crippen LogP contribution in [0.1, 0.15) is 48.3 Å². The van der Waals surface area contributed by atoms with Gasteiger partial charge >= 0.3 is 5.97 Å². The lowest BCUT2D eigenvalue weighted by atomic mass is 10.0. The maximum absolute atomic E-state index is 10.8. The predicted molar refractivity (Wildman–Crippen MR) is 134 cm³/mol. The summed E-state index contributed by atoms with van der Waals surface area (Å²) in [5.74, 6) is 1.61. The molecule has 0 saturated carbocycles. The molecule has 0 radical (unpaired) electrons. The number of hydrogen-bond donors (Lipinski definition) is 1. The van der Waals surface area contributed by atoms with Crippen LogP contribution in [0.3, 0.4) is 0 Å². The van der Waals surface area contributed by atoms with Crippen molar-refractivity contribution in [2.45, 2.75) is 45.8 Å². The fourth-order valence-corrected chi connectivity index (χ4v) is 3.53. The minimum atomic E-state index is -0.785. The Morgan fingerprint density at radius 2 is 1.75 bits per heavy atom. The van der Waals surface area contributed by atoms with Gasteiger partial charge in [-0.05, 0) is 61.6 Å². The van der Waals surface area contributed by atoms with Crippen molar-refractivity contribution in [3.05, 3.63) is 95.6 Å². The van der Waals surface area contributed by atoms with Crippen LogP contribution in [0.4, 0.5) is 0 Å². The molecule has 36 heavy (non-hydrogen) atoms. The van der Waals surface area contributed by atoms with Crippen LogP contribution in [-0.2, 0) is 22.8 Å². The topological polar surface area (TPSA) is 107 Å². The van der Waals surface area contributed by atoms with E-state index in [1.54, 1.807) is 18.4 Å². The third kappa shape index (κ3) is 7.09. The van der Waals surface area contributed by atoms with Gasteiger partial charge in [0.05, 0.1) is 12.0 Å². The maximum atomic E-state index is 10.8. The number of carboxylic acids is 1. The minimum absolute atomic E-state index is 0.152. The number of ether oxygens (including phenoxy) is 1. The lowest BCUT2D eigenvalue weighted by Gasteiger charge is -2.08. The molecule has 4 rings (SSSR count). The number of oxazole rings is 1. The molecule has 0 amide bonds. The number of aryl methyl sites for hydroxylation is 1. The molecule has 0 saturated heterocycles. The fourth-order valence-electron chi connectivity index (χ4n) is 3.53. The van der Waals surface area contributed by atoms with E-state index in [1.807, 2.05) is 61.5 Å². The first-order chi connectivity index (χ1) is 17.6. The van der Waals surface area contributed by atoms with Crippen molar-refractivity contribution in [2.24, 2.45) is 5.16 Å². The van der Waals surface area contributed by atoms with Gasteiger partial charge in [0.25, 0.3) is 5.89 Å². The van der Waals surface area contributed by atoms with Gasteiger partial charge in [0, 0.05) is 6.42 Å². The summed E-state index contributed by atoms with van der Waals surface area (Å²) < 4.78 is 16.9. The van der Waals surface area contributed by atoms with Crippen LogP contribution in [0, 0.1) is 6.92 Å². The van der Waals surface area contributed by atoms with E-state index in [2.05, 4.69) is 10.1 Å². The number of rotatable bonds is 13. The zero-order valence-corrected chi connectivity index (χ0v) is 20.1. The van der Waals surface area contributed by atoms with Crippen molar-refractivity contribution in [3.63, 3.8) is 0 Å². The number of hydrogen-bond acceptors (Lipinski definition) is 7. The van der Waals surface area contributed by atoms with Crippen LogP contribution in [0.25, 0.3) is 11.7 Å². The van der Waals surface area contributed by atoms with Gasteiger partial charge in [-0.3, -0.25) is 4.79 Å². The molecule has 8 nitrogen and oxygen atoms in total. The second-order valence-electron chi connectivity index (χ2n) is 8.21. The standard InChI is InChI=1S/C28H28N2O6/c1-20-25(29-28(36-20)26-11-7-17-33-26)19-34-23-15-13-21(14-16-23)18-35-30-24(10-5-6-12-27(31)32)22-8-3-2-4-9-22/h2-4,7-9,11,13-17H,5-6,10,12,18-19H2,1H3,(H,31,32). The number of unbranched alkanes of at least 4 members (excludes halogenated alkanes) is 1. The lowest BCUT2D eigenvalue weighted by molar-refractivity contribution is -0.137. The average Bonchev–Trinajstić information content (AvgIpc) is 3.55. The molecule has 2 aromatic carbocycles. The van der Waals surface area contributed by atoms with Crippen LogP contribution in [0.5, 0.6) is 5.75 Å². The SMILES string of the molecule is Cc1oc(-c2ccco2)nc1COc1ccc(CON=C(CCCCC(=O)O)c2ccccc2)cc1.